The van der Waals surface area contributed by atoms with E-state index >= 15 is 0 Å². The number of fused-ring (bicyclic) bond motifs is 1. The fraction of sp³-hybridized carbons (Fsp3) is 0.400. The number of nitrogens with one attached hydrogen (secondary N) is 1. The number of rotatable bonds is 3. The molecule has 3 nitrogen and oxygen atoms in total. The Balaban J connectivity index is 1.81. The van der Waals surface area contributed by atoms with Crippen LogP contribution in [0.4, 0.5) is 5.69 Å². The molecule has 126 valence electrons. The van der Waals surface area contributed by atoms with E-state index in [0.717, 1.165) is 16.5 Å². The third kappa shape index (κ3) is 2.56. The van der Waals surface area contributed by atoms with E-state index in [1.165, 1.54) is 42.4 Å². The summed E-state index contributed by atoms with van der Waals surface area (Å²) in [4.78, 5) is 0. The molecule has 4 heteroatoms. The van der Waals surface area contributed by atoms with Crippen molar-refractivity contribution < 1.29 is 4.74 Å². The summed E-state index contributed by atoms with van der Waals surface area (Å²) < 4.78 is 5.38. The fourth-order valence-electron chi connectivity index (χ4n) is 4.11. The minimum absolute atomic E-state index is 0.202. The van der Waals surface area contributed by atoms with Gasteiger partial charge < -0.3 is 10.2 Å². The molecule has 4 rings (SSSR count). The lowest BCUT2D eigenvalue weighted by Crippen LogP contribution is -2.37. The molecule has 2 aromatic carbocycles. The summed E-state index contributed by atoms with van der Waals surface area (Å²) in [5.41, 5.74) is 8.51. The van der Waals surface area contributed by atoms with E-state index in [-0.39, 0.29) is 6.04 Å². The highest BCUT2D eigenvalue weighted by molar-refractivity contribution is 6.33. The summed E-state index contributed by atoms with van der Waals surface area (Å²) in [6.45, 7) is 2.16. The number of hydrogen-bond donors (Lipinski definition) is 1. The maximum absolute atomic E-state index is 6.47. The van der Waals surface area contributed by atoms with Crippen LogP contribution in [0.15, 0.2) is 36.4 Å². The van der Waals surface area contributed by atoms with Crippen LogP contribution in [0.1, 0.15) is 48.4 Å². The second-order valence-electron chi connectivity index (χ2n) is 6.79. The molecular weight excluding hydrogens is 320 g/mol. The van der Waals surface area contributed by atoms with Gasteiger partial charge in [-0.15, -0.1) is 0 Å². The standard InChI is InChI=1S/C20H23ClN2O/c1-13-12-15(24-2)10-11-16(13)20-17-8-5-9-18(21)19(17)22-23(20)14-6-3-4-7-14/h5,8-12,14,20,22H,3-4,6-7H2,1-2H3. The third-order valence-corrected chi connectivity index (χ3v) is 5.66. The molecule has 0 aromatic heterocycles. The summed E-state index contributed by atoms with van der Waals surface area (Å²) >= 11 is 6.47. The number of ether oxygens (including phenoxy) is 1. The number of aryl methyl sites for hydroxylation is 1. The van der Waals surface area contributed by atoms with Crippen LogP contribution < -0.4 is 10.2 Å². The van der Waals surface area contributed by atoms with Crippen LogP contribution in [-0.4, -0.2) is 18.2 Å². The van der Waals surface area contributed by atoms with Gasteiger partial charge in [-0.1, -0.05) is 42.6 Å². The second-order valence-corrected chi connectivity index (χ2v) is 7.19. The average molecular weight is 343 g/mol. The molecule has 1 unspecified atom stereocenters. The Hall–Kier alpha value is -1.71. The minimum atomic E-state index is 0.202. The monoisotopic (exact) mass is 342 g/mol. The molecule has 1 aliphatic heterocycles. The lowest BCUT2D eigenvalue weighted by Gasteiger charge is -2.31. The van der Waals surface area contributed by atoms with Crippen molar-refractivity contribution >= 4 is 17.3 Å². The highest BCUT2D eigenvalue weighted by Gasteiger charge is 2.38. The molecule has 1 atom stereocenters. The van der Waals surface area contributed by atoms with Crippen molar-refractivity contribution in [2.45, 2.75) is 44.7 Å². The van der Waals surface area contributed by atoms with Crippen molar-refractivity contribution in [3.05, 3.63) is 58.1 Å². The van der Waals surface area contributed by atoms with E-state index in [9.17, 15) is 0 Å². The van der Waals surface area contributed by atoms with Gasteiger partial charge in [-0.2, -0.15) is 0 Å². The summed E-state index contributed by atoms with van der Waals surface area (Å²) in [6, 6.07) is 13.3. The largest absolute Gasteiger partial charge is 0.497 e. The summed E-state index contributed by atoms with van der Waals surface area (Å²) in [6.07, 6.45) is 5.09. The van der Waals surface area contributed by atoms with Crippen molar-refractivity contribution in [2.75, 3.05) is 12.5 Å². The van der Waals surface area contributed by atoms with Crippen molar-refractivity contribution in [3.63, 3.8) is 0 Å². The Morgan fingerprint density at radius 2 is 1.92 bits per heavy atom. The molecule has 1 aliphatic carbocycles. The van der Waals surface area contributed by atoms with Crippen LogP contribution in [-0.2, 0) is 0 Å². The molecule has 0 saturated heterocycles. The molecule has 1 fully saturated rings. The summed E-state index contributed by atoms with van der Waals surface area (Å²) in [5, 5.41) is 3.22. The van der Waals surface area contributed by atoms with Crippen LogP contribution in [0.5, 0.6) is 5.75 Å². The van der Waals surface area contributed by atoms with Gasteiger partial charge in [-0.25, -0.2) is 5.01 Å². The first kappa shape index (κ1) is 15.8. The number of hydrogen-bond acceptors (Lipinski definition) is 3. The van der Waals surface area contributed by atoms with E-state index in [1.54, 1.807) is 7.11 Å². The molecule has 1 N–H and O–H groups in total. The molecule has 2 aromatic rings. The van der Waals surface area contributed by atoms with Crippen molar-refractivity contribution in [1.82, 2.24) is 5.01 Å². The fourth-order valence-corrected chi connectivity index (χ4v) is 4.34. The molecule has 1 saturated carbocycles. The lowest BCUT2D eigenvalue weighted by molar-refractivity contribution is 0.214. The Labute approximate surface area is 148 Å². The number of para-hydroxylation sites is 1. The summed E-state index contributed by atoms with van der Waals surface area (Å²) in [5.74, 6) is 0.904. The number of hydrazine groups is 1. The van der Waals surface area contributed by atoms with Crippen molar-refractivity contribution in [2.24, 2.45) is 0 Å². The molecular formula is C20H23ClN2O. The minimum Gasteiger partial charge on any atom is -0.497 e. The maximum atomic E-state index is 6.47. The van der Waals surface area contributed by atoms with Gasteiger partial charge in [0.05, 0.1) is 23.9 Å². The van der Waals surface area contributed by atoms with Crippen molar-refractivity contribution in [3.8, 4) is 5.75 Å². The average Bonchev–Trinajstić information content (AvgIpc) is 3.22. The van der Waals surface area contributed by atoms with Gasteiger partial charge in [-0.05, 0) is 49.1 Å². The maximum Gasteiger partial charge on any atom is 0.119 e. The molecule has 0 radical (unpaired) electrons. The predicted molar refractivity (Wildman–Crippen MR) is 98.7 cm³/mol. The summed E-state index contributed by atoms with van der Waals surface area (Å²) in [7, 11) is 1.71. The normalized spacial score (nSPS) is 20.9. The van der Waals surface area contributed by atoms with Gasteiger partial charge in [0.15, 0.2) is 0 Å². The quantitative estimate of drug-likeness (QED) is 0.815. The smallest absolute Gasteiger partial charge is 0.119 e. The van der Waals surface area contributed by atoms with E-state index in [4.69, 9.17) is 16.3 Å². The third-order valence-electron chi connectivity index (χ3n) is 5.35. The van der Waals surface area contributed by atoms with Gasteiger partial charge in [-0.3, -0.25) is 0 Å². The van der Waals surface area contributed by atoms with E-state index < -0.39 is 0 Å². The first-order valence-electron chi connectivity index (χ1n) is 8.67. The number of halogens is 1. The van der Waals surface area contributed by atoms with Crippen LogP contribution in [0, 0.1) is 6.92 Å². The van der Waals surface area contributed by atoms with Crippen LogP contribution in [0.3, 0.4) is 0 Å². The SMILES string of the molecule is COc1ccc(C2c3cccc(Cl)c3NN2C2CCCC2)c(C)c1. The second kappa shape index (κ2) is 6.30. The van der Waals surface area contributed by atoms with Crippen LogP contribution in [0.25, 0.3) is 0 Å². The van der Waals surface area contributed by atoms with Gasteiger partial charge in [0.2, 0.25) is 0 Å². The lowest BCUT2D eigenvalue weighted by atomic mass is 9.93. The van der Waals surface area contributed by atoms with Gasteiger partial charge in [0, 0.05) is 11.6 Å². The first-order chi connectivity index (χ1) is 11.7. The zero-order chi connectivity index (χ0) is 16.7. The molecule has 0 amide bonds. The van der Waals surface area contributed by atoms with Crippen LogP contribution >= 0.6 is 11.6 Å². The zero-order valence-corrected chi connectivity index (χ0v) is 14.9. The molecule has 24 heavy (non-hydrogen) atoms. The van der Waals surface area contributed by atoms with E-state index in [0.29, 0.717) is 6.04 Å². The number of benzene rings is 2. The number of nitrogens with zero attached hydrogens (tertiary/aromatic N) is 1. The Morgan fingerprint density at radius 1 is 1.12 bits per heavy atom. The predicted octanol–water partition coefficient (Wildman–Crippen LogP) is 5.33. The van der Waals surface area contributed by atoms with E-state index in [2.05, 4.69) is 41.6 Å². The Kier molecular flexibility index (Phi) is 4.15. The van der Waals surface area contributed by atoms with E-state index in [1.807, 2.05) is 12.1 Å². The van der Waals surface area contributed by atoms with Crippen LogP contribution in [0.2, 0.25) is 5.02 Å². The molecule has 0 spiro atoms. The Morgan fingerprint density at radius 3 is 2.62 bits per heavy atom. The topological polar surface area (TPSA) is 24.5 Å². The highest BCUT2D eigenvalue weighted by Crippen LogP contribution is 2.46. The van der Waals surface area contributed by atoms with Gasteiger partial charge in [0.1, 0.15) is 5.75 Å². The van der Waals surface area contributed by atoms with Crippen molar-refractivity contribution in [1.29, 1.82) is 0 Å². The van der Waals surface area contributed by atoms with Gasteiger partial charge >= 0.3 is 0 Å². The molecule has 2 aliphatic rings. The first-order valence-corrected chi connectivity index (χ1v) is 9.05. The number of methoxy groups -OCH3 is 1. The Bertz CT molecular complexity index is 755. The van der Waals surface area contributed by atoms with Gasteiger partial charge in [0.25, 0.3) is 0 Å². The highest BCUT2D eigenvalue weighted by atomic mass is 35.5. The zero-order valence-electron chi connectivity index (χ0n) is 14.2. The number of anilines is 1. The molecule has 1 heterocycles. The molecule has 0 bridgehead atoms.